The number of aryl methyl sites for hydroxylation is 1. The average molecular weight is 257 g/mol. The van der Waals surface area contributed by atoms with Gasteiger partial charge in [-0.25, -0.2) is 0 Å². The first-order valence-electron chi connectivity index (χ1n) is 6.38. The molecule has 1 unspecified atom stereocenters. The predicted octanol–water partition coefficient (Wildman–Crippen LogP) is 3.06. The van der Waals surface area contributed by atoms with Gasteiger partial charge in [0.25, 0.3) is 0 Å². The highest BCUT2D eigenvalue weighted by atomic mass is 16.5. The Morgan fingerprint density at radius 2 is 1.74 bits per heavy atom. The van der Waals surface area contributed by atoms with Gasteiger partial charge >= 0.3 is 0 Å². The van der Waals surface area contributed by atoms with Gasteiger partial charge in [-0.15, -0.1) is 0 Å². The normalized spacial score (nSPS) is 12.2. The Labute approximate surface area is 113 Å². The first-order chi connectivity index (χ1) is 9.11. The Morgan fingerprint density at radius 1 is 1.11 bits per heavy atom. The van der Waals surface area contributed by atoms with E-state index in [1.54, 1.807) is 0 Å². The first-order valence-corrected chi connectivity index (χ1v) is 6.38. The van der Waals surface area contributed by atoms with Crippen LogP contribution in [0.15, 0.2) is 42.5 Å². The standard InChI is InChI=1S/C16H19NO2/c1-3-19-14-8-6-12(7-9-14)16(18)13-5-4-11(2)15(17)10-13/h4-10,16,18H,3,17H2,1-2H3. The summed E-state index contributed by atoms with van der Waals surface area (Å²) in [5, 5.41) is 10.3. The average Bonchev–Trinajstić information content (AvgIpc) is 2.42. The largest absolute Gasteiger partial charge is 0.494 e. The Morgan fingerprint density at radius 3 is 2.32 bits per heavy atom. The SMILES string of the molecule is CCOc1ccc(C(O)c2ccc(C)c(N)c2)cc1. The molecule has 3 nitrogen and oxygen atoms in total. The number of hydrogen-bond acceptors (Lipinski definition) is 3. The highest BCUT2D eigenvalue weighted by Gasteiger charge is 2.11. The number of aliphatic hydroxyl groups is 1. The van der Waals surface area contributed by atoms with Crippen molar-refractivity contribution in [2.24, 2.45) is 0 Å². The van der Waals surface area contributed by atoms with E-state index in [4.69, 9.17) is 10.5 Å². The topological polar surface area (TPSA) is 55.5 Å². The molecule has 2 aromatic rings. The summed E-state index contributed by atoms with van der Waals surface area (Å²) in [6.07, 6.45) is -0.668. The van der Waals surface area contributed by atoms with Crippen LogP contribution in [-0.2, 0) is 0 Å². The molecule has 0 heterocycles. The van der Waals surface area contributed by atoms with Gasteiger partial charge in [-0.3, -0.25) is 0 Å². The predicted molar refractivity (Wildman–Crippen MR) is 77.3 cm³/mol. The lowest BCUT2D eigenvalue weighted by Crippen LogP contribution is -2.01. The van der Waals surface area contributed by atoms with E-state index in [0.717, 1.165) is 22.4 Å². The molecule has 0 radical (unpaired) electrons. The summed E-state index contributed by atoms with van der Waals surface area (Å²) in [4.78, 5) is 0. The van der Waals surface area contributed by atoms with Crippen LogP contribution in [0.5, 0.6) is 5.75 Å². The van der Waals surface area contributed by atoms with E-state index >= 15 is 0 Å². The molecule has 0 amide bonds. The zero-order valence-corrected chi connectivity index (χ0v) is 11.3. The van der Waals surface area contributed by atoms with E-state index in [1.165, 1.54) is 0 Å². The van der Waals surface area contributed by atoms with Gasteiger partial charge in [0.05, 0.1) is 6.61 Å². The third-order valence-electron chi connectivity index (χ3n) is 3.13. The number of aliphatic hydroxyl groups excluding tert-OH is 1. The van der Waals surface area contributed by atoms with Crippen LogP contribution in [0.1, 0.15) is 29.7 Å². The van der Waals surface area contributed by atoms with Crippen LogP contribution in [0.2, 0.25) is 0 Å². The molecule has 3 N–H and O–H groups in total. The van der Waals surface area contributed by atoms with Gasteiger partial charge in [-0.2, -0.15) is 0 Å². The number of benzene rings is 2. The lowest BCUT2D eigenvalue weighted by Gasteiger charge is -2.13. The summed E-state index contributed by atoms with van der Waals surface area (Å²) >= 11 is 0. The molecular weight excluding hydrogens is 238 g/mol. The highest BCUT2D eigenvalue weighted by Crippen LogP contribution is 2.26. The van der Waals surface area contributed by atoms with E-state index < -0.39 is 6.10 Å². The van der Waals surface area contributed by atoms with Gasteiger partial charge in [-0.05, 0) is 48.7 Å². The summed E-state index contributed by atoms with van der Waals surface area (Å²) in [6, 6.07) is 13.1. The van der Waals surface area contributed by atoms with Gasteiger partial charge in [0.2, 0.25) is 0 Å². The molecule has 0 saturated carbocycles. The molecule has 19 heavy (non-hydrogen) atoms. The van der Waals surface area contributed by atoms with Crippen molar-refractivity contribution in [1.29, 1.82) is 0 Å². The van der Waals surface area contributed by atoms with Crippen LogP contribution in [-0.4, -0.2) is 11.7 Å². The number of rotatable bonds is 4. The molecule has 2 aromatic carbocycles. The Bertz CT molecular complexity index is 549. The lowest BCUT2D eigenvalue weighted by molar-refractivity contribution is 0.220. The van der Waals surface area contributed by atoms with Crippen LogP contribution in [0, 0.1) is 6.92 Å². The van der Waals surface area contributed by atoms with Gasteiger partial charge in [0, 0.05) is 5.69 Å². The number of hydrogen-bond donors (Lipinski definition) is 2. The summed E-state index contributed by atoms with van der Waals surface area (Å²) in [5.74, 6) is 0.807. The van der Waals surface area contributed by atoms with Gasteiger partial charge in [0.1, 0.15) is 11.9 Å². The molecule has 0 spiro atoms. The fraction of sp³-hybridized carbons (Fsp3) is 0.250. The number of nitrogen functional groups attached to an aromatic ring is 1. The molecule has 0 bridgehead atoms. The summed E-state index contributed by atoms with van der Waals surface area (Å²) in [7, 11) is 0. The maximum atomic E-state index is 10.3. The number of anilines is 1. The van der Waals surface area contributed by atoms with Gasteiger partial charge in [0.15, 0.2) is 0 Å². The van der Waals surface area contributed by atoms with Gasteiger partial charge < -0.3 is 15.6 Å². The van der Waals surface area contributed by atoms with Crippen molar-refractivity contribution in [3.63, 3.8) is 0 Å². The highest BCUT2D eigenvalue weighted by molar-refractivity contribution is 5.50. The van der Waals surface area contributed by atoms with Crippen molar-refractivity contribution < 1.29 is 9.84 Å². The molecule has 0 saturated heterocycles. The van der Waals surface area contributed by atoms with E-state index in [2.05, 4.69) is 0 Å². The molecule has 2 rings (SSSR count). The zero-order chi connectivity index (χ0) is 13.8. The molecule has 0 aliphatic rings. The van der Waals surface area contributed by atoms with Crippen molar-refractivity contribution >= 4 is 5.69 Å². The van der Waals surface area contributed by atoms with Crippen molar-refractivity contribution in [3.05, 3.63) is 59.2 Å². The van der Waals surface area contributed by atoms with Crippen molar-refractivity contribution in [2.75, 3.05) is 12.3 Å². The second-order valence-electron chi connectivity index (χ2n) is 4.52. The fourth-order valence-corrected chi connectivity index (χ4v) is 1.93. The third-order valence-corrected chi connectivity index (χ3v) is 3.13. The minimum atomic E-state index is -0.668. The summed E-state index contributed by atoms with van der Waals surface area (Å²) < 4.78 is 5.38. The summed E-state index contributed by atoms with van der Waals surface area (Å²) in [6.45, 7) is 4.52. The first kappa shape index (κ1) is 13.4. The molecule has 0 aromatic heterocycles. The molecule has 0 aliphatic carbocycles. The molecule has 100 valence electrons. The van der Waals surface area contributed by atoms with Crippen LogP contribution in [0.4, 0.5) is 5.69 Å². The third kappa shape index (κ3) is 3.06. The quantitative estimate of drug-likeness (QED) is 0.828. The Balaban J connectivity index is 2.22. The van der Waals surface area contributed by atoms with Crippen LogP contribution in [0.3, 0.4) is 0 Å². The molecule has 0 aliphatic heterocycles. The van der Waals surface area contributed by atoms with Crippen LogP contribution < -0.4 is 10.5 Å². The van der Waals surface area contributed by atoms with E-state index in [1.807, 2.05) is 56.3 Å². The second-order valence-corrected chi connectivity index (χ2v) is 4.52. The molecular formula is C16H19NO2. The van der Waals surface area contributed by atoms with Gasteiger partial charge in [-0.1, -0.05) is 24.3 Å². The van der Waals surface area contributed by atoms with Crippen molar-refractivity contribution in [2.45, 2.75) is 20.0 Å². The Kier molecular flexibility index (Phi) is 4.07. The maximum Gasteiger partial charge on any atom is 0.119 e. The minimum absolute atomic E-state index is 0.635. The lowest BCUT2D eigenvalue weighted by atomic mass is 9.99. The monoisotopic (exact) mass is 257 g/mol. The van der Waals surface area contributed by atoms with Crippen LogP contribution >= 0.6 is 0 Å². The smallest absolute Gasteiger partial charge is 0.119 e. The minimum Gasteiger partial charge on any atom is -0.494 e. The number of nitrogens with two attached hydrogens (primary N) is 1. The number of ether oxygens (including phenoxy) is 1. The van der Waals surface area contributed by atoms with Crippen molar-refractivity contribution in [1.82, 2.24) is 0 Å². The fourth-order valence-electron chi connectivity index (χ4n) is 1.93. The van der Waals surface area contributed by atoms with Crippen molar-refractivity contribution in [3.8, 4) is 5.75 Å². The molecule has 3 heteroatoms. The van der Waals surface area contributed by atoms with E-state index in [-0.39, 0.29) is 0 Å². The summed E-state index contributed by atoms with van der Waals surface area (Å²) in [5.41, 5.74) is 9.21. The molecule has 0 fully saturated rings. The second kappa shape index (κ2) is 5.76. The Hall–Kier alpha value is -2.00. The van der Waals surface area contributed by atoms with E-state index in [0.29, 0.717) is 12.3 Å². The molecule has 1 atom stereocenters. The maximum absolute atomic E-state index is 10.3. The van der Waals surface area contributed by atoms with E-state index in [9.17, 15) is 5.11 Å². The zero-order valence-electron chi connectivity index (χ0n) is 11.3. The van der Waals surface area contributed by atoms with Crippen LogP contribution in [0.25, 0.3) is 0 Å².